The zero-order chi connectivity index (χ0) is 17.9. The monoisotopic (exact) mass is 366 g/mol. The predicted molar refractivity (Wildman–Crippen MR) is 101 cm³/mol. The lowest BCUT2D eigenvalue weighted by Crippen LogP contribution is -2.16. The van der Waals surface area contributed by atoms with Gasteiger partial charge in [-0.15, -0.1) is 10.2 Å². The van der Waals surface area contributed by atoms with Crippen LogP contribution in [-0.2, 0) is 17.6 Å². The van der Waals surface area contributed by atoms with Crippen LogP contribution in [0.4, 0.5) is 5.69 Å². The number of fused-ring (bicyclic) bond motifs is 1. The molecule has 2 heterocycles. The number of nitrogens with zero attached hydrogens (tertiary/aromatic N) is 4. The summed E-state index contributed by atoms with van der Waals surface area (Å²) in [5, 5.41) is 11.6. The van der Waals surface area contributed by atoms with Crippen molar-refractivity contribution in [2.45, 2.75) is 24.4 Å². The highest BCUT2D eigenvalue weighted by atomic mass is 32.2. The van der Waals surface area contributed by atoms with Gasteiger partial charge in [-0.3, -0.25) is 9.78 Å². The molecule has 1 aromatic carbocycles. The standard InChI is InChI=1S/C18H18N6OS/c19-24-17(14-5-2-8-20-10-14)22-23-18(24)26-11-16(25)21-15-7-6-12-3-1-4-13(12)9-15/h2,5-10H,1,3-4,11,19H2,(H,21,25). The van der Waals surface area contributed by atoms with Gasteiger partial charge in [-0.1, -0.05) is 17.8 Å². The van der Waals surface area contributed by atoms with Gasteiger partial charge in [-0.05, 0) is 54.7 Å². The number of carbonyl (C=O) groups is 1. The van der Waals surface area contributed by atoms with Crippen LogP contribution >= 0.6 is 11.8 Å². The molecule has 26 heavy (non-hydrogen) atoms. The van der Waals surface area contributed by atoms with Crippen molar-refractivity contribution in [2.75, 3.05) is 16.9 Å². The molecule has 0 fully saturated rings. The number of benzene rings is 1. The van der Waals surface area contributed by atoms with E-state index in [1.807, 2.05) is 12.1 Å². The molecule has 1 aliphatic rings. The van der Waals surface area contributed by atoms with Crippen molar-refractivity contribution >= 4 is 23.4 Å². The maximum Gasteiger partial charge on any atom is 0.234 e. The minimum Gasteiger partial charge on any atom is -0.335 e. The Kier molecular flexibility index (Phi) is 4.57. The van der Waals surface area contributed by atoms with E-state index < -0.39 is 0 Å². The first kappa shape index (κ1) is 16.6. The Balaban J connectivity index is 1.38. The van der Waals surface area contributed by atoms with Gasteiger partial charge in [0, 0.05) is 23.6 Å². The second-order valence-electron chi connectivity index (χ2n) is 6.09. The van der Waals surface area contributed by atoms with E-state index in [-0.39, 0.29) is 11.7 Å². The Morgan fingerprint density at radius 3 is 2.96 bits per heavy atom. The largest absolute Gasteiger partial charge is 0.335 e. The van der Waals surface area contributed by atoms with Crippen LogP contribution in [0.5, 0.6) is 0 Å². The molecule has 0 saturated carbocycles. The first-order chi connectivity index (χ1) is 12.7. The minimum absolute atomic E-state index is 0.0983. The predicted octanol–water partition coefficient (Wildman–Crippen LogP) is 2.27. The summed E-state index contributed by atoms with van der Waals surface area (Å²) < 4.78 is 1.38. The number of hydrogen-bond acceptors (Lipinski definition) is 6. The summed E-state index contributed by atoms with van der Waals surface area (Å²) >= 11 is 1.25. The number of amides is 1. The van der Waals surface area contributed by atoms with Gasteiger partial charge in [0.05, 0.1) is 5.75 Å². The number of aromatic nitrogens is 4. The molecule has 0 atom stereocenters. The highest BCUT2D eigenvalue weighted by Crippen LogP contribution is 2.25. The molecule has 7 nitrogen and oxygen atoms in total. The molecule has 0 aliphatic heterocycles. The molecule has 1 amide bonds. The van der Waals surface area contributed by atoms with E-state index in [4.69, 9.17) is 5.84 Å². The number of thioether (sulfide) groups is 1. The number of pyridine rings is 1. The highest BCUT2D eigenvalue weighted by Gasteiger charge is 2.15. The van der Waals surface area contributed by atoms with Crippen molar-refractivity contribution in [3.05, 3.63) is 53.9 Å². The fourth-order valence-electron chi connectivity index (χ4n) is 3.04. The number of rotatable bonds is 5. The SMILES string of the molecule is Nn1c(SCC(=O)Nc2ccc3c(c2)CCC3)nnc1-c1cccnc1. The lowest BCUT2D eigenvalue weighted by molar-refractivity contribution is -0.113. The molecule has 3 aromatic rings. The van der Waals surface area contributed by atoms with E-state index in [2.05, 4.69) is 32.6 Å². The number of anilines is 1. The summed E-state index contributed by atoms with van der Waals surface area (Å²) in [6.45, 7) is 0. The zero-order valence-corrected chi connectivity index (χ0v) is 14.9. The smallest absolute Gasteiger partial charge is 0.234 e. The Morgan fingerprint density at radius 2 is 2.12 bits per heavy atom. The van der Waals surface area contributed by atoms with Crippen LogP contribution in [0.1, 0.15) is 17.5 Å². The summed E-state index contributed by atoms with van der Waals surface area (Å²) in [5.41, 5.74) is 4.33. The lowest BCUT2D eigenvalue weighted by Gasteiger charge is -2.07. The molecule has 0 spiro atoms. The third kappa shape index (κ3) is 3.41. The number of nitrogens with two attached hydrogens (primary N) is 1. The van der Waals surface area contributed by atoms with Crippen LogP contribution in [0.25, 0.3) is 11.4 Å². The first-order valence-corrected chi connectivity index (χ1v) is 9.34. The average Bonchev–Trinajstić information content (AvgIpc) is 3.27. The van der Waals surface area contributed by atoms with Crippen molar-refractivity contribution in [3.8, 4) is 11.4 Å². The third-order valence-electron chi connectivity index (χ3n) is 4.30. The highest BCUT2D eigenvalue weighted by molar-refractivity contribution is 7.99. The van der Waals surface area contributed by atoms with Crippen LogP contribution in [0.2, 0.25) is 0 Å². The maximum atomic E-state index is 12.2. The van der Waals surface area contributed by atoms with Gasteiger partial charge in [0.15, 0.2) is 5.82 Å². The maximum absolute atomic E-state index is 12.2. The van der Waals surface area contributed by atoms with Crippen LogP contribution < -0.4 is 11.2 Å². The Labute approximate surface area is 155 Å². The first-order valence-electron chi connectivity index (χ1n) is 8.36. The van der Waals surface area contributed by atoms with Crippen LogP contribution in [-0.4, -0.2) is 31.5 Å². The van der Waals surface area contributed by atoms with Crippen molar-refractivity contribution < 1.29 is 4.79 Å². The number of nitrogens with one attached hydrogen (secondary N) is 1. The molecule has 8 heteroatoms. The van der Waals surface area contributed by atoms with Crippen LogP contribution in [0.3, 0.4) is 0 Å². The molecule has 132 valence electrons. The second-order valence-corrected chi connectivity index (χ2v) is 7.03. The molecule has 2 aromatic heterocycles. The lowest BCUT2D eigenvalue weighted by atomic mass is 10.1. The van der Waals surface area contributed by atoms with E-state index in [1.54, 1.807) is 18.5 Å². The molecule has 0 unspecified atom stereocenters. The normalized spacial score (nSPS) is 12.8. The Bertz CT molecular complexity index is 940. The summed E-state index contributed by atoms with van der Waals surface area (Å²) in [4.78, 5) is 16.3. The van der Waals surface area contributed by atoms with Gasteiger partial charge in [-0.2, -0.15) is 0 Å². The molecular formula is C18H18N6OS. The van der Waals surface area contributed by atoms with E-state index >= 15 is 0 Å². The fraction of sp³-hybridized carbons (Fsp3) is 0.222. The van der Waals surface area contributed by atoms with Crippen LogP contribution in [0.15, 0.2) is 47.9 Å². The second kappa shape index (κ2) is 7.17. The summed E-state index contributed by atoms with van der Waals surface area (Å²) in [6, 6.07) is 9.79. The summed E-state index contributed by atoms with van der Waals surface area (Å²) in [6.07, 6.45) is 6.75. The molecular weight excluding hydrogens is 348 g/mol. The van der Waals surface area contributed by atoms with Crippen molar-refractivity contribution in [1.82, 2.24) is 19.9 Å². The van der Waals surface area contributed by atoms with Crippen molar-refractivity contribution in [3.63, 3.8) is 0 Å². The number of carbonyl (C=O) groups excluding carboxylic acids is 1. The fourth-order valence-corrected chi connectivity index (χ4v) is 3.70. The van der Waals surface area contributed by atoms with E-state index in [1.165, 1.54) is 34.0 Å². The molecule has 3 N–H and O–H groups in total. The summed E-state index contributed by atoms with van der Waals surface area (Å²) in [5.74, 6) is 6.67. The van der Waals surface area contributed by atoms with Gasteiger partial charge in [0.2, 0.25) is 11.1 Å². The molecule has 0 saturated heterocycles. The van der Waals surface area contributed by atoms with Crippen molar-refractivity contribution in [1.29, 1.82) is 0 Å². The third-order valence-corrected chi connectivity index (χ3v) is 5.24. The topological polar surface area (TPSA) is 98.7 Å². The van der Waals surface area contributed by atoms with E-state index in [0.29, 0.717) is 11.0 Å². The molecule has 0 radical (unpaired) electrons. The number of hydrogen-bond donors (Lipinski definition) is 2. The van der Waals surface area contributed by atoms with Gasteiger partial charge in [0.25, 0.3) is 0 Å². The quantitative estimate of drug-likeness (QED) is 0.531. The van der Waals surface area contributed by atoms with Gasteiger partial charge >= 0.3 is 0 Å². The van der Waals surface area contributed by atoms with E-state index in [9.17, 15) is 4.79 Å². The Hall–Kier alpha value is -2.87. The van der Waals surface area contributed by atoms with Gasteiger partial charge in [0.1, 0.15) is 0 Å². The minimum atomic E-state index is -0.0983. The molecule has 4 rings (SSSR count). The number of nitrogen functional groups attached to an aromatic ring is 1. The summed E-state index contributed by atoms with van der Waals surface area (Å²) in [7, 11) is 0. The van der Waals surface area contributed by atoms with E-state index in [0.717, 1.165) is 24.1 Å². The average molecular weight is 366 g/mol. The number of aryl methyl sites for hydroxylation is 2. The molecule has 0 bridgehead atoms. The zero-order valence-electron chi connectivity index (χ0n) is 14.1. The van der Waals surface area contributed by atoms with Crippen molar-refractivity contribution in [2.24, 2.45) is 0 Å². The Morgan fingerprint density at radius 1 is 1.23 bits per heavy atom. The van der Waals surface area contributed by atoms with Crippen LogP contribution in [0, 0.1) is 0 Å². The molecule has 1 aliphatic carbocycles. The van der Waals surface area contributed by atoms with Gasteiger partial charge < -0.3 is 11.2 Å². The van der Waals surface area contributed by atoms with Gasteiger partial charge in [-0.25, -0.2) is 4.68 Å².